The zero-order chi connectivity index (χ0) is 14.6. The number of hydrogen-bond donors (Lipinski definition) is 2. The monoisotopic (exact) mass is 267 g/mol. The average Bonchev–Trinajstić information content (AvgIpc) is 2.25. The molecule has 1 aromatic rings. The molecular weight excluding hydrogens is 246 g/mol. The van der Waals surface area contributed by atoms with E-state index in [2.05, 4.69) is 5.32 Å². The van der Waals surface area contributed by atoms with Gasteiger partial charge >= 0.3 is 6.09 Å². The molecule has 0 aliphatic heterocycles. The van der Waals surface area contributed by atoms with Crippen LogP contribution in [-0.4, -0.2) is 23.9 Å². The van der Waals surface area contributed by atoms with Crippen molar-refractivity contribution in [2.24, 2.45) is 0 Å². The highest BCUT2D eigenvalue weighted by Crippen LogP contribution is 2.32. The summed E-state index contributed by atoms with van der Waals surface area (Å²) in [6.07, 6.45) is -1.33. The van der Waals surface area contributed by atoms with Crippen molar-refractivity contribution in [2.45, 2.75) is 39.4 Å². The highest BCUT2D eigenvalue weighted by Gasteiger charge is 2.19. The standard InChI is InChI=1S/C14H21NO4/c1-9(16)12-10(7-6-8-11(12)18-5)15-13(17)19-14(2,3)4/h6-9,16H,1-5H3,(H,15,17). The third-order valence-electron chi connectivity index (χ3n) is 2.34. The van der Waals surface area contributed by atoms with Gasteiger partial charge in [0, 0.05) is 5.56 Å². The van der Waals surface area contributed by atoms with Crippen LogP contribution in [0, 0.1) is 0 Å². The van der Waals surface area contributed by atoms with Crippen molar-refractivity contribution < 1.29 is 19.4 Å². The van der Waals surface area contributed by atoms with E-state index in [9.17, 15) is 9.90 Å². The molecule has 0 saturated heterocycles. The van der Waals surface area contributed by atoms with Crippen molar-refractivity contribution in [1.29, 1.82) is 0 Å². The van der Waals surface area contributed by atoms with Crippen LogP contribution in [0.3, 0.4) is 0 Å². The molecule has 5 heteroatoms. The minimum Gasteiger partial charge on any atom is -0.496 e. The first kappa shape index (κ1) is 15.3. The van der Waals surface area contributed by atoms with Gasteiger partial charge in [-0.1, -0.05) is 6.07 Å². The molecule has 1 aromatic carbocycles. The molecule has 106 valence electrons. The van der Waals surface area contributed by atoms with Gasteiger partial charge in [0.15, 0.2) is 0 Å². The summed E-state index contributed by atoms with van der Waals surface area (Å²) >= 11 is 0. The molecule has 1 unspecified atom stereocenters. The van der Waals surface area contributed by atoms with Crippen LogP contribution in [0.4, 0.5) is 10.5 Å². The molecule has 1 rings (SSSR count). The van der Waals surface area contributed by atoms with Crippen molar-refractivity contribution in [3.63, 3.8) is 0 Å². The maximum absolute atomic E-state index is 11.7. The van der Waals surface area contributed by atoms with E-state index < -0.39 is 17.8 Å². The van der Waals surface area contributed by atoms with E-state index in [1.165, 1.54) is 7.11 Å². The number of aliphatic hydroxyl groups is 1. The summed E-state index contributed by atoms with van der Waals surface area (Å²) in [6, 6.07) is 5.15. The summed E-state index contributed by atoms with van der Waals surface area (Å²) in [4.78, 5) is 11.7. The summed E-state index contributed by atoms with van der Waals surface area (Å²) in [5.41, 5.74) is 0.424. The number of rotatable bonds is 3. The largest absolute Gasteiger partial charge is 0.496 e. The first-order valence-electron chi connectivity index (χ1n) is 6.09. The minimum absolute atomic E-state index is 0.476. The van der Waals surface area contributed by atoms with E-state index in [-0.39, 0.29) is 0 Å². The Bertz CT molecular complexity index is 449. The summed E-state index contributed by atoms with van der Waals surface area (Å²) in [7, 11) is 1.51. The van der Waals surface area contributed by atoms with Gasteiger partial charge in [-0.25, -0.2) is 4.79 Å². The average molecular weight is 267 g/mol. The van der Waals surface area contributed by atoms with E-state index >= 15 is 0 Å². The molecule has 1 atom stereocenters. The molecule has 0 aromatic heterocycles. The normalized spacial score (nSPS) is 12.7. The Balaban J connectivity index is 2.98. The Morgan fingerprint density at radius 2 is 2.00 bits per heavy atom. The van der Waals surface area contributed by atoms with Gasteiger partial charge in [0.05, 0.1) is 18.9 Å². The van der Waals surface area contributed by atoms with Gasteiger partial charge in [-0.2, -0.15) is 0 Å². The number of carbonyl (C=O) groups excluding carboxylic acids is 1. The Hall–Kier alpha value is -1.75. The van der Waals surface area contributed by atoms with E-state index in [0.717, 1.165) is 0 Å². The van der Waals surface area contributed by atoms with Crippen LogP contribution in [0.1, 0.15) is 39.4 Å². The van der Waals surface area contributed by atoms with E-state index in [1.54, 1.807) is 45.9 Å². The second-order valence-electron chi connectivity index (χ2n) is 5.22. The highest BCUT2D eigenvalue weighted by molar-refractivity contribution is 5.86. The molecular formula is C14H21NO4. The molecule has 0 spiro atoms. The van der Waals surface area contributed by atoms with Crippen LogP contribution in [0.2, 0.25) is 0 Å². The lowest BCUT2D eigenvalue weighted by Crippen LogP contribution is -2.27. The maximum atomic E-state index is 11.7. The van der Waals surface area contributed by atoms with E-state index in [4.69, 9.17) is 9.47 Å². The second-order valence-corrected chi connectivity index (χ2v) is 5.22. The van der Waals surface area contributed by atoms with Crippen molar-refractivity contribution >= 4 is 11.8 Å². The molecule has 0 fully saturated rings. The molecule has 1 amide bonds. The quantitative estimate of drug-likeness (QED) is 0.883. The van der Waals surface area contributed by atoms with Crippen LogP contribution in [-0.2, 0) is 4.74 Å². The smallest absolute Gasteiger partial charge is 0.412 e. The van der Waals surface area contributed by atoms with Gasteiger partial charge in [0.25, 0.3) is 0 Å². The molecule has 0 saturated carbocycles. The van der Waals surface area contributed by atoms with Gasteiger partial charge in [0.2, 0.25) is 0 Å². The van der Waals surface area contributed by atoms with Crippen LogP contribution in [0.5, 0.6) is 5.75 Å². The van der Waals surface area contributed by atoms with Gasteiger partial charge in [-0.05, 0) is 39.8 Å². The summed E-state index contributed by atoms with van der Waals surface area (Å²) in [6.45, 7) is 6.97. The lowest BCUT2D eigenvalue weighted by Gasteiger charge is -2.21. The molecule has 0 bridgehead atoms. The number of nitrogens with one attached hydrogen (secondary N) is 1. The second kappa shape index (κ2) is 5.93. The van der Waals surface area contributed by atoms with E-state index in [1.807, 2.05) is 0 Å². The predicted molar refractivity (Wildman–Crippen MR) is 73.5 cm³/mol. The fraction of sp³-hybridized carbons (Fsp3) is 0.500. The summed E-state index contributed by atoms with van der Waals surface area (Å²) in [5, 5.41) is 12.4. The SMILES string of the molecule is COc1cccc(NC(=O)OC(C)(C)C)c1C(C)O. The van der Waals surface area contributed by atoms with Crippen LogP contribution in [0.25, 0.3) is 0 Å². The number of ether oxygens (including phenoxy) is 2. The lowest BCUT2D eigenvalue weighted by atomic mass is 10.1. The highest BCUT2D eigenvalue weighted by atomic mass is 16.6. The van der Waals surface area contributed by atoms with Crippen LogP contribution in [0.15, 0.2) is 18.2 Å². The topological polar surface area (TPSA) is 67.8 Å². The number of methoxy groups -OCH3 is 1. The molecule has 19 heavy (non-hydrogen) atoms. The third-order valence-corrected chi connectivity index (χ3v) is 2.34. The Morgan fingerprint density at radius 1 is 1.37 bits per heavy atom. The minimum atomic E-state index is -0.763. The molecule has 0 radical (unpaired) electrons. The maximum Gasteiger partial charge on any atom is 0.412 e. The first-order valence-corrected chi connectivity index (χ1v) is 6.09. The summed E-state index contributed by atoms with van der Waals surface area (Å²) < 4.78 is 10.4. The van der Waals surface area contributed by atoms with Gasteiger partial charge in [-0.3, -0.25) is 5.32 Å². The van der Waals surface area contributed by atoms with Crippen molar-refractivity contribution in [3.05, 3.63) is 23.8 Å². The third kappa shape index (κ3) is 4.44. The lowest BCUT2D eigenvalue weighted by molar-refractivity contribution is 0.0635. The number of hydrogen-bond acceptors (Lipinski definition) is 4. The number of aliphatic hydroxyl groups excluding tert-OH is 1. The first-order chi connectivity index (χ1) is 8.74. The Morgan fingerprint density at radius 3 is 2.47 bits per heavy atom. The van der Waals surface area contributed by atoms with Crippen molar-refractivity contribution in [3.8, 4) is 5.75 Å². The molecule has 5 nitrogen and oxygen atoms in total. The Kier molecular flexibility index (Phi) is 4.78. The molecule has 2 N–H and O–H groups in total. The van der Waals surface area contributed by atoms with Gasteiger partial charge in [0.1, 0.15) is 11.4 Å². The van der Waals surface area contributed by atoms with Crippen LogP contribution >= 0.6 is 0 Å². The fourth-order valence-electron chi connectivity index (χ4n) is 1.68. The fourth-order valence-corrected chi connectivity index (χ4v) is 1.68. The van der Waals surface area contributed by atoms with E-state index in [0.29, 0.717) is 17.0 Å². The number of amides is 1. The zero-order valence-electron chi connectivity index (χ0n) is 12.0. The zero-order valence-corrected chi connectivity index (χ0v) is 12.0. The number of anilines is 1. The van der Waals surface area contributed by atoms with Crippen molar-refractivity contribution in [1.82, 2.24) is 0 Å². The van der Waals surface area contributed by atoms with Crippen molar-refractivity contribution in [2.75, 3.05) is 12.4 Å². The number of benzene rings is 1. The summed E-state index contributed by atoms with van der Waals surface area (Å²) in [5.74, 6) is 0.517. The van der Waals surface area contributed by atoms with Gasteiger partial charge in [-0.15, -0.1) is 0 Å². The van der Waals surface area contributed by atoms with Crippen LogP contribution < -0.4 is 10.1 Å². The molecule has 0 aliphatic rings. The molecule has 0 aliphatic carbocycles. The number of carbonyl (C=O) groups is 1. The molecule has 0 heterocycles. The predicted octanol–water partition coefficient (Wildman–Crippen LogP) is 3.10. The Labute approximate surface area is 113 Å². The van der Waals surface area contributed by atoms with Gasteiger partial charge < -0.3 is 14.6 Å².